The number of hydrogen-bond donors (Lipinski definition) is 7. The number of carbonyl (C=O) groups excluding carboxylic acids is 3. The van der Waals surface area contributed by atoms with Crippen LogP contribution < -0.4 is 21.7 Å². The largest absolute Gasteiger partial charge is 0.481 e. The number of carboxylic acid groups (broad SMARTS) is 2. The molecular weight excluding hydrogens is 400 g/mol. The SMILES string of the molecule is CC(C)C(NC(=O)CNC(=O)C(N)Cc1cnc[nH]1)C(=O)NC(CC(=O)O)C(=O)O. The molecule has 1 rings (SSSR count). The number of nitrogens with two attached hydrogens (primary N) is 1. The Balaban J connectivity index is 2.59. The first-order chi connectivity index (χ1) is 14.0. The zero-order valence-corrected chi connectivity index (χ0v) is 16.5. The molecule has 0 bridgehead atoms. The van der Waals surface area contributed by atoms with E-state index in [9.17, 15) is 24.0 Å². The number of nitrogens with one attached hydrogen (secondary N) is 4. The second-order valence-electron chi connectivity index (χ2n) is 6.89. The van der Waals surface area contributed by atoms with Crippen LogP contribution in [0.25, 0.3) is 0 Å². The molecule has 1 aromatic heterocycles. The van der Waals surface area contributed by atoms with Crippen LogP contribution in [0.2, 0.25) is 0 Å². The van der Waals surface area contributed by atoms with Crippen LogP contribution in [0.3, 0.4) is 0 Å². The Labute approximate surface area is 171 Å². The topological polar surface area (TPSA) is 217 Å². The molecule has 1 heterocycles. The summed E-state index contributed by atoms with van der Waals surface area (Å²) in [5, 5.41) is 24.6. The lowest BCUT2D eigenvalue weighted by atomic mass is 10.0. The number of hydrogen-bond acceptors (Lipinski definition) is 7. The van der Waals surface area contributed by atoms with E-state index in [-0.39, 0.29) is 6.42 Å². The molecule has 8 N–H and O–H groups in total. The van der Waals surface area contributed by atoms with E-state index in [0.717, 1.165) is 0 Å². The first kappa shape index (κ1) is 24.6. The molecule has 0 saturated heterocycles. The normalized spacial score (nSPS) is 13.7. The highest BCUT2D eigenvalue weighted by Crippen LogP contribution is 2.04. The first-order valence-electron chi connectivity index (χ1n) is 9.06. The van der Waals surface area contributed by atoms with Crippen LogP contribution in [0.4, 0.5) is 0 Å². The van der Waals surface area contributed by atoms with Gasteiger partial charge in [0.05, 0.1) is 25.3 Å². The summed E-state index contributed by atoms with van der Waals surface area (Å²) >= 11 is 0. The monoisotopic (exact) mass is 426 g/mol. The minimum Gasteiger partial charge on any atom is -0.481 e. The predicted molar refractivity (Wildman–Crippen MR) is 102 cm³/mol. The summed E-state index contributed by atoms with van der Waals surface area (Å²) in [6.07, 6.45) is 2.32. The average Bonchev–Trinajstić information content (AvgIpc) is 3.15. The van der Waals surface area contributed by atoms with E-state index in [1.54, 1.807) is 13.8 Å². The number of aromatic amines is 1. The molecule has 0 saturated carbocycles. The molecule has 0 aromatic carbocycles. The van der Waals surface area contributed by atoms with E-state index in [0.29, 0.717) is 5.69 Å². The summed E-state index contributed by atoms with van der Waals surface area (Å²) in [5.74, 6) is -5.49. The van der Waals surface area contributed by atoms with Gasteiger partial charge in [0.25, 0.3) is 0 Å². The molecule has 3 amide bonds. The summed E-state index contributed by atoms with van der Waals surface area (Å²) in [5.41, 5.74) is 6.40. The molecule has 0 spiro atoms. The zero-order chi connectivity index (χ0) is 22.8. The van der Waals surface area contributed by atoms with Gasteiger partial charge in [-0.15, -0.1) is 0 Å². The number of carboxylic acids is 2. The fourth-order valence-corrected chi connectivity index (χ4v) is 2.42. The van der Waals surface area contributed by atoms with Gasteiger partial charge in [-0.3, -0.25) is 19.2 Å². The minimum atomic E-state index is -1.65. The van der Waals surface area contributed by atoms with Gasteiger partial charge in [-0.25, -0.2) is 9.78 Å². The maximum Gasteiger partial charge on any atom is 0.326 e. The zero-order valence-electron chi connectivity index (χ0n) is 16.5. The second-order valence-corrected chi connectivity index (χ2v) is 6.89. The van der Waals surface area contributed by atoms with Crippen molar-refractivity contribution in [2.45, 2.75) is 44.8 Å². The maximum atomic E-state index is 12.3. The van der Waals surface area contributed by atoms with Gasteiger partial charge in [0.15, 0.2) is 0 Å². The molecule has 3 unspecified atom stereocenters. The van der Waals surface area contributed by atoms with Crippen LogP contribution in [0.15, 0.2) is 12.5 Å². The molecule has 0 aliphatic rings. The second kappa shape index (κ2) is 11.5. The van der Waals surface area contributed by atoms with Crippen LogP contribution in [-0.4, -0.2) is 74.5 Å². The van der Waals surface area contributed by atoms with E-state index in [2.05, 4.69) is 25.9 Å². The first-order valence-corrected chi connectivity index (χ1v) is 9.06. The molecular formula is C17H26N6O7. The number of imidazole rings is 1. The maximum absolute atomic E-state index is 12.3. The van der Waals surface area contributed by atoms with Crippen molar-refractivity contribution in [2.75, 3.05) is 6.54 Å². The summed E-state index contributed by atoms with van der Waals surface area (Å²) < 4.78 is 0. The minimum absolute atomic E-state index is 0.185. The summed E-state index contributed by atoms with van der Waals surface area (Å²) in [6.45, 7) is 2.76. The fraction of sp³-hybridized carbons (Fsp3) is 0.529. The van der Waals surface area contributed by atoms with Gasteiger partial charge in [0.2, 0.25) is 17.7 Å². The molecule has 0 radical (unpaired) electrons. The van der Waals surface area contributed by atoms with Crippen LogP contribution in [-0.2, 0) is 30.4 Å². The molecule has 30 heavy (non-hydrogen) atoms. The van der Waals surface area contributed by atoms with Crippen LogP contribution in [0.1, 0.15) is 26.0 Å². The Hall–Kier alpha value is -3.48. The smallest absolute Gasteiger partial charge is 0.326 e. The molecule has 3 atom stereocenters. The van der Waals surface area contributed by atoms with Crippen molar-refractivity contribution in [3.05, 3.63) is 18.2 Å². The van der Waals surface area contributed by atoms with E-state index in [1.807, 2.05) is 0 Å². The lowest BCUT2D eigenvalue weighted by molar-refractivity contribution is -0.147. The molecule has 0 aliphatic carbocycles. The van der Waals surface area contributed by atoms with E-state index < -0.39 is 66.7 Å². The lowest BCUT2D eigenvalue weighted by Crippen LogP contribution is -2.55. The van der Waals surface area contributed by atoms with Gasteiger partial charge in [0, 0.05) is 18.3 Å². The van der Waals surface area contributed by atoms with Gasteiger partial charge in [0.1, 0.15) is 12.1 Å². The van der Waals surface area contributed by atoms with Gasteiger partial charge in [-0.1, -0.05) is 13.8 Å². The third kappa shape index (κ3) is 8.26. The third-order valence-corrected chi connectivity index (χ3v) is 4.01. The highest BCUT2D eigenvalue weighted by Gasteiger charge is 2.30. The van der Waals surface area contributed by atoms with Gasteiger partial charge in [-0.2, -0.15) is 0 Å². The Morgan fingerprint density at radius 2 is 1.80 bits per heavy atom. The summed E-state index contributed by atoms with van der Waals surface area (Å²) in [6, 6.07) is -3.70. The summed E-state index contributed by atoms with van der Waals surface area (Å²) in [7, 11) is 0. The van der Waals surface area contributed by atoms with Gasteiger partial charge >= 0.3 is 11.9 Å². The average molecular weight is 426 g/mol. The molecule has 0 fully saturated rings. The van der Waals surface area contributed by atoms with Crippen molar-refractivity contribution in [1.29, 1.82) is 0 Å². The lowest BCUT2D eigenvalue weighted by Gasteiger charge is -2.23. The van der Waals surface area contributed by atoms with Crippen molar-refractivity contribution in [1.82, 2.24) is 25.9 Å². The highest BCUT2D eigenvalue weighted by atomic mass is 16.4. The van der Waals surface area contributed by atoms with Crippen molar-refractivity contribution in [2.24, 2.45) is 11.7 Å². The van der Waals surface area contributed by atoms with Gasteiger partial charge < -0.3 is 36.9 Å². The van der Waals surface area contributed by atoms with Crippen molar-refractivity contribution >= 4 is 29.7 Å². The van der Waals surface area contributed by atoms with E-state index in [1.165, 1.54) is 12.5 Å². The molecule has 166 valence electrons. The van der Waals surface area contributed by atoms with E-state index in [4.69, 9.17) is 15.9 Å². The van der Waals surface area contributed by atoms with Crippen LogP contribution in [0.5, 0.6) is 0 Å². The number of rotatable bonds is 12. The van der Waals surface area contributed by atoms with Crippen molar-refractivity contribution in [3.8, 4) is 0 Å². The van der Waals surface area contributed by atoms with Crippen LogP contribution in [0, 0.1) is 5.92 Å². The number of aromatic nitrogens is 2. The Kier molecular flexibility index (Phi) is 9.42. The van der Waals surface area contributed by atoms with Crippen LogP contribution >= 0.6 is 0 Å². The fourth-order valence-electron chi connectivity index (χ4n) is 2.42. The summed E-state index contributed by atoms with van der Waals surface area (Å²) in [4.78, 5) is 64.9. The van der Waals surface area contributed by atoms with Crippen molar-refractivity contribution in [3.63, 3.8) is 0 Å². The Bertz CT molecular complexity index is 765. The third-order valence-electron chi connectivity index (χ3n) is 4.01. The standard InChI is InChI=1S/C17H26N6O7/c1-8(2)14(16(28)22-11(17(29)30)4-13(25)26)23-12(24)6-20-15(27)10(18)3-9-5-19-7-21-9/h5,7-8,10-11,14H,3-4,6,18H2,1-2H3,(H,19,21)(H,20,27)(H,22,28)(H,23,24)(H,25,26)(H,29,30). The molecule has 0 aliphatic heterocycles. The Morgan fingerprint density at radius 1 is 1.13 bits per heavy atom. The van der Waals surface area contributed by atoms with Gasteiger partial charge in [-0.05, 0) is 5.92 Å². The van der Waals surface area contributed by atoms with E-state index >= 15 is 0 Å². The Morgan fingerprint density at radius 3 is 2.30 bits per heavy atom. The van der Waals surface area contributed by atoms with Crippen molar-refractivity contribution < 1.29 is 34.2 Å². The number of nitrogens with zero attached hydrogens (tertiary/aromatic N) is 1. The quantitative estimate of drug-likeness (QED) is 0.189. The number of amides is 3. The number of carbonyl (C=O) groups is 5. The molecule has 1 aromatic rings. The number of aliphatic carboxylic acids is 2. The predicted octanol–water partition coefficient (Wildman–Crippen LogP) is -2.42. The highest BCUT2D eigenvalue weighted by molar-refractivity contribution is 5.93. The number of H-pyrrole nitrogens is 1. The molecule has 13 nitrogen and oxygen atoms in total. The molecule has 13 heteroatoms.